The number of guanidine groups is 1. The highest BCUT2D eigenvalue weighted by molar-refractivity contribution is 6.01. The number of imide groups is 1. The number of hydrogen-bond donors (Lipinski definition) is 3. The first-order valence-corrected chi connectivity index (χ1v) is 9.68. The van der Waals surface area contributed by atoms with Crippen LogP contribution in [0.4, 0.5) is 18.0 Å². The molecule has 0 spiro atoms. The molecule has 2 saturated heterocycles. The summed E-state index contributed by atoms with van der Waals surface area (Å²) in [4.78, 5) is 30.1. The number of carbonyl (C=O) groups excluding carboxylic acids is 2. The van der Waals surface area contributed by atoms with Crippen molar-refractivity contribution in [2.45, 2.75) is 32.4 Å². The third kappa shape index (κ3) is 7.53. The maximum Gasteiger partial charge on any atom is 0.401 e. The van der Waals surface area contributed by atoms with Gasteiger partial charge >= 0.3 is 12.2 Å². The molecule has 0 unspecified atom stereocenters. The summed E-state index contributed by atoms with van der Waals surface area (Å²) in [6.45, 7) is 3.97. The first kappa shape index (κ1) is 22.3. The Labute approximate surface area is 162 Å². The summed E-state index contributed by atoms with van der Waals surface area (Å²) in [5.74, 6) is 0.733. The van der Waals surface area contributed by atoms with E-state index in [2.05, 4.69) is 20.9 Å². The summed E-state index contributed by atoms with van der Waals surface area (Å²) in [6, 6.07) is -0.384. The van der Waals surface area contributed by atoms with Gasteiger partial charge in [-0.15, -0.1) is 0 Å². The normalized spacial score (nSPS) is 19.9. The van der Waals surface area contributed by atoms with Crippen LogP contribution in [0.2, 0.25) is 0 Å². The van der Waals surface area contributed by atoms with Crippen LogP contribution >= 0.6 is 0 Å². The zero-order chi connectivity index (χ0) is 20.6. The number of likely N-dealkylation sites (tertiary alicyclic amines) is 1. The van der Waals surface area contributed by atoms with Gasteiger partial charge in [-0.1, -0.05) is 0 Å². The van der Waals surface area contributed by atoms with Crippen molar-refractivity contribution >= 4 is 17.9 Å². The van der Waals surface area contributed by atoms with Gasteiger partial charge in [-0.3, -0.25) is 19.6 Å². The van der Waals surface area contributed by atoms with Crippen LogP contribution in [0.1, 0.15) is 26.2 Å². The Kier molecular flexibility index (Phi) is 8.34. The Hall–Kier alpha value is -2.04. The summed E-state index contributed by atoms with van der Waals surface area (Å²) in [5.41, 5.74) is 0. The van der Waals surface area contributed by atoms with Crippen molar-refractivity contribution in [1.29, 1.82) is 0 Å². The SMILES string of the molecule is CCNC(=NCCC1CCN(CC(F)(F)F)CC1)NCCN1C(=O)CNC1=O. The van der Waals surface area contributed by atoms with Gasteiger partial charge in [0.1, 0.15) is 0 Å². The van der Waals surface area contributed by atoms with E-state index in [9.17, 15) is 22.8 Å². The summed E-state index contributed by atoms with van der Waals surface area (Å²) in [7, 11) is 0. The molecule has 0 aromatic carbocycles. The molecule has 0 aliphatic carbocycles. The summed E-state index contributed by atoms with van der Waals surface area (Å²) < 4.78 is 37.3. The number of piperidine rings is 1. The van der Waals surface area contributed by atoms with Crippen molar-refractivity contribution < 1.29 is 22.8 Å². The maximum absolute atomic E-state index is 12.4. The summed E-state index contributed by atoms with van der Waals surface area (Å²) in [6.07, 6.45) is -1.81. The lowest BCUT2D eigenvalue weighted by molar-refractivity contribution is -0.148. The Morgan fingerprint density at radius 1 is 1.25 bits per heavy atom. The lowest BCUT2D eigenvalue weighted by Crippen LogP contribution is -2.43. The van der Waals surface area contributed by atoms with Crippen LogP contribution in [0, 0.1) is 5.92 Å². The zero-order valence-electron chi connectivity index (χ0n) is 16.1. The molecule has 0 radical (unpaired) electrons. The molecule has 11 heteroatoms. The van der Waals surface area contributed by atoms with Crippen molar-refractivity contribution in [3.63, 3.8) is 0 Å². The van der Waals surface area contributed by atoms with Gasteiger partial charge in [-0.05, 0) is 45.2 Å². The second kappa shape index (κ2) is 10.5. The van der Waals surface area contributed by atoms with Crippen LogP contribution in [0.5, 0.6) is 0 Å². The van der Waals surface area contributed by atoms with Crippen molar-refractivity contribution in [2.24, 2.45) is 10.9 Å². The molecule has 0 bridgehead atoms. The molecule has 3 N–H and O–H groups in total. The Morgan fingerprint density at radius 3 is 2.54 bits per heavy atom. The minimum atomic E-state index is -4.14. The number of amides is 3. The highest BCUT2D eigenvalue weighted by Crippen LogP contribution is 2.24. The van der Waals surface area contributed by atoms with Crippen LogP contribution in [0.15, 0.2) is 4.99 Å². The third-order valence-electron chi connectivity index (χ3n) is 4.83. The average molecular weight is 406 g/mol. The smallest absolute Gasteiger partial charge is 0.357 e. The number of urea groups is 1. The standard InChI is InChI=1S/C17H29F3N6O2/c1-2-21-15(23-7-10-26-14(27)11-24-16(26)28)22-6-3-13-4-8-25(9-5-13)12-17(18,19)20/h13H,2-12H2,1H3,(H,24,28)(H2,21,22,23). The van der Waals surface area contributed by atoms with Crippen molar-refractivity contribution in [1.82, 2.24) is 25.8 Å². The Morgan fingerprint density at radius 2 is 1.96 bits per heavy atom. The molecular weight excluding hydrogens is 377 g/mol. The molecule has 28 heavy (non-hydrogen) atoms. The molecule has 0 atom stereocenters. The molecule has 2 fully saturated rings. The number of nitrogens with zero attached hydrogens (tertiary/aromatic N) is 3. The Bertz CT molecular complexity index is 546. The summed E-state index contributed by atoms with van der Waals surface area (Å²) >= 11 is 0. The van der Waals surface area contributed by atoms with E-state index in [1.807, 2.05) is 6.92 Å². The van der Waals surface area contributed by atoms with Gasteiger partial charge in [-0.2, -0.15) is 13.2 Å². The van der Waals surface area contributed by atoms with E-state index in [4.69, 9.17) is 0 Å². The fourth-order valence-electron chi connectivity index (χ4n) is 3.36. The van der Waals surface area contributed by atoms with Gasteiger partial charge in [0.2, 0.25) is 5.91 Å². The molecule has 3 amide bonds. The minimum absolute atomic E-state index is 0.0365. The van der Waals surface area contributed by atoms with Gasteiger partial charge in [0.05, 0.1) is 13.1 Å². The molecule has 0 saturated carbocycles. The highest BCUT2D eigenvalue weighted by atomic mass is 19.4. The van der Waals surface area contributed by atoms with E-state index in [1.54, 1.807) is 0 Å². The summed E-state index contributed by atoms with van der Waals surface area (Å²) in [5, 5.41) is 8.66. The molecule has 0 aromatic heterocycles. The van der Waals surface area contributed by atoms with Crippen LogP contribution < -0.4 is 16.0 Å². The fourth-order valence-corrected chi connectivity index (χ4v) is 3.36. The van der Waals surface area contributed by atoms with Crippen molar-refractivity contribution in [3.05, 3.63) is 0 Å². The van der Waals surface area contributed by atoms with Crippen molar-refractivity contribution in [2.75, 3.05) is 52.4 Å². The molecular formula is C17H29F3N6O2. The molecule has 0 aromatic rings. The number of rotatable bonds is 8. The lowest BCUT2D eigenvalue weighted by atomic mass is 9.93. The average Bonchev–Trinajstić information content (AvgIpc) is 2.94. The third-order valence-corrected chi connectivity index (χ3v) is 4.83. The van der Waals surface area contributed by atoms with Crippen LogP contribution in [0.25, 0.3) is 0 Å². The first-order valence-electron chi connectivity index (χ1n) is 9.68. The van der Waals surface area contributed by atoms with E-state index < -0.39 is 12.7 Å². The second-order valence-electron chi connectivity index (χ2n) is 7.01. The molecule has 2 rings (SSSR count). The highest BCUT2D eigenvalue weighted by Gasteiger charge is 2.32. The zero-order valence-corrected chi connectivity index (χ0v) is 16.1. The predicted molar refractivity (Wildman–Crippen MR) is 98.9 cm³/mol. The largest absolute Gasteiger partial charge is 0.401 e. The second-order valence-corrected chi connectivity index (χ2v) is 7.01. The molecule has 2 aliphatic rings. The minimum Gasteiger partial charge on any atom is -0.357 e. The Balaban J connectivity index is 1.68. The molecule has 2 heterocycles. The van der Waals surface area contributed by atoms with Gasteiger partial charge in [0.25, 0.3) is 0 Å². The molecule has 160 valence electrons. The molecule has 2 aliphatic heterocycles. The lowest BCUT2D eigenvalue weighted by Gasteiger charge is -2.32. The van der Waals surface area contributed by atoms with E-state index in [-0.39, 0.29) is 25.0 Å². The van der Waals surface area contributed by atoms with Gasteiger partial charge in [0, 0.05) is 26.2 Å². The van der Waals surface area contributed by atoms with E-state index in [0.717, 1.165) is 24.2 Å². The number of halogens is 3. The van der Waals surface area contributed by atoms with E-state index in [0.29, 0.717) is 44.6 Å². The molecule has 8 nitrogen and oxygen atoms in total. The van der Waals surface area contributed by atoms with E-state index >= 15 is 0 Å². The number of alkyl halides is 3. The van der Waals surface area contributed by atoms with Gasteiger partial charge < -0.3 is 16.0 Å². The fraction of sp³-hybridized carbons (Fsp3) is 0.824. The number of aliphatic imine (C=N–C) groups is 1. The van der Waals surface area contributed by atoms with Gasteiger partial charge in [-0.25, -0.2) is 4.79 Å². The first-order chi connectivity index (χ1) is 13.3. The number of nitrogens with one attached hydrogen (secondary N) is 3. The monoisotopic (exact) mass is 406 g/mol. The van der Waals surface area contributed by atoms with Crippen LogP contribution in [-0.4, -0.2) is 86.2 Å². The topological polar surface area (TPSA) is 89.1 Å². The van der Waals surface area contributed by atoms with E-state index in [1.165, 1.54) is 4.90 Å². The quantitative estimate of drug-likeness (QED) is 0.315. The van der Waals surface area contributed by atoms with Gasteiger partial charge in [0.15, 0.2) is 5.96 Å². The van der Waals surface area contributed by atoms with Crippen LogP contribution in [-0.2, 0) is 4.79 Å². The number of carbonyl (C=O) groups is 2. The van der Waals surface area contributed by atoms with Crippen molar-refractivity contribution in [3.8, 4) is 0 Å². The predicted octanol–water partition coefficient (Wildman–Crippen LogP) is 0.758. The van der Waals surface area contributed by atoms with Crippen LogP contribution in [0.3, 0.4) is 0 Å². The maximum atomic E-state index is 12.4. The number of hydrogen-bond acceptors (Lipinski definition) is 4.